The number of carbonyl (C=O) groups excluding carboxylic acids is 2. The molecule has 2 atom stereocenters. The van der Waals surface area contributed by atoms with E-state index in [-0.39, 0.29) is 41.4 Å². The summed E-state index contributed by atoms with van der Waals surface area (Å²) >= 11 is 6.18. The lowest BCUT2D eigenvalue weighted by Crippen LogP contribution is -2.54. The maximum Gasteiger partial charge on any atom is 0.244 e. The number of nitrogens with zero attached hydrogens (tertiary/aromatic N) is 2. The molecule has 0 aliphatic carbocycles. The highest BCUT2D eigenvalue weighted by atomic mass is 35.5. The molecule has 0 aliphatic rings. The van der Waals surface area contributed by atoms with E-state index in [2.05, 4.69) is 5.32 Å². The minimum absolute atomic E-state index is 0.0607. The van der Waals surface area contributed by atoms with Crippen LogP contribution in [0.2, 0.25) is 5.02 Å². The van der Waals surface area contributed by atoms with Crippen LogP contribution >= 0.6 is 11.6 Å². The Bertz CT molecular complexity index is 1440. The van der Waals surface area contributed by atoms with Gasteiger partial charge in [-0.05, 0) is 54.8 Å². The quantitative estimate of drug-likeness (QED) is 0.303. The van der Waals surface area contributed by atoms with Crippen LogP contribution < -0.4 is 14.4 Å². The third-order valence-corrected chi connectivity index (χ3v) is 7.99. The van der Waals surface area contributed by atoms with Crippen LogP contribution in [0.15, 0.2) is 72.8 Å². The summed E-state index contributed by atoms with van der Waals surface area (Å²) in [5.74, 6) is -1.27. The number of halogens is 2. The summed E-state index contributed by atoms with van der Waals surface area (Å²) in [7, 11) is -2.63. The minimum atomic E-state index is -4.01. The highest BCUT2D eigenvalue weighted by molar-refractivity contribution is 7.92. The van der Waals surface area contributed by atoms with Crippen molar-refractivity contribution in [2.75, 3.05) is 24.2 Å². The molecule has 41 heavy (non-hydrogen) atoms. The van der Waals surface area contributed by atoms with Crippen molar-refractivity contribution >= 4 is 39.1 Å². The lowest BCUT2D eigenvalue weighted by Gasteiger charge is -2.34. The van der Waals surface area contributed by atoms with Crippen molar-refractivity contribution in [3.63, 3.8) is 0 Å². The molecule has 11 heteroatoms. The summed E-state index contributed by atoms with van der Waals surface area (Å²) in [6, 6.07) is 18.1. The number of rotatable bonds is 13. The molecule has 2 unspecified atom stereocenters. The van der Waals surface area contributed by atoms with Crippen molar-refractivity contribution in [2.24, 2.45) is 0 Å². The number of sulfonamides is 1. The second kappa shape index (κ2) is 14.3. The molecule has 3 rings (SSSR count). The number of anilines is 1. The van der Waals surface area contributed by atoms with Gasteiger partial charge >= 0.3 is 0 Å². The first kappa shape index (κ1) is 31.9. The maximum atomic E-state index is 14.1. The minimum Gasteiger partial charge on any atom is -0.495 e. The predicted octanol–water partition coefficient (Wildman–Crippen LogP) is 4.81. The van der Waals surface area contributed by atoms with Crippen molar-refractivity contribution in [3.05, 3.63) is 94.8 Å². The van der Waals surface area contributed by atoms with E-state index in [1.165, 1.54) is 48.4 Å². The van der Waals surface area contributed by atoms with Crippen LogP contribution in [0.1, 0.15) is 31.4 Å². The fourth-order valence-corrected chi connectivity index (χ4v) is 5.25. The lowest BCUT2D eigenvalue weighted by atomic mass is 10.0. The number of hydrogen-bond acceptors (Lipinski definition) is 5. The average molecular weight is 604 g/mol. The highest BCUT2D eigenvalue weighted by Crippen LogP contribution is 2.33. The van der Waals surface area contributed by atoms with Gasteiger partial charge in [0, 0.05) is 24.0 Å². The summed E-state index contributed by atoms with van der Waals surface area (Å²) in [6.07, 6.45) is 1.82. The number of carbonyl (C=O) groups is 2. The van der Waals surface area contributed by atoms with Gasteiger partial charge in [-0.15, -0.1) is 0 Å². The Balaban J connectivity index is 2.10. The molecule has 0 saturated carbocycles. The summed E-state index contributed by atoms with van der Waals surface area (Å²) in [5.41, 5.74) is 1.46. The second-order valence-corrected chi connectivity index (χ2v) is 12.1. The Labute approximate surface area is 246 Å². The molecule has 2 amide bonds. The zero-order valence-electron chi connectivity index (χ0n) is 23.5. The van der Waals surface area contributed by atoms with Crippen LogP contribution in [0.25, 0.3) is 0 Å². The fourth-order valence-electron chi connectivity index (χ4n) is 4.23. The fraction of sp³-hybridized carbons (Fsp3) is 0.333. The number of benzene rings is 3. The predicted molar refractivity (Wildman–Crippen MR) is 159 cm³/mol. The molecular formula is C30H35ClFN3O5S. The molecule has 0 bridgehead atoms. The molecule has 0 fully saturated rings. The van der Waals surface area contributed by atoms with Gasteiger partial charge < -0.3 is 15.0 Å². The van der Waals surface area contributed by atoms with E-state index in [0.717, 1.165) is 16.1 Å². The Kier molecular flexibility index (Phi) is 11.1. The van der Waals surface area contributed by atoms with Crippen LogP contribution in [0.5, 0.6) is 5.75 Å². The zero-order chi connectivity index (χ0) is 30.2. The van der Waals surface area contributed by atoms with Crippen molar-refractivity contribution in [1.29, 1.82) is 0 Å². The molecule has 0 saturated heterocycles. The molecule has 220 valence electrons. The normalized spacial score (nSPS) is 12.7. The first-order valence-electron chi connectivity index (χ1n) is 13.1. The molecule has 0 spiro atoms. The van der Waals surface area contributed by atoms with Crippen LogP contribution in [0, 0.1) is 5.82 Å². The molecular weight excluding hydrogens is 569 g/mol. The largest absolute Gasteiger partial charge is 0.495 e. The lowest BCUT2D eigenvalue weighted by molar-refractivity contribution is -0.140. The topological polar surface area (TPSA) is 96.0 Å². The number of methoxy groups -OCH3 is 1. The average Bonchev–Trinajstić information content (AvgIpc) is 2.94. The Hall–Kier alpha value is -3.63. The van der Waals surface area contributed by atoms with E-state index in [0.29, 0.717) is 12.0 Å². The highest BCUT2D eigenvalue weighted by Gasteiger charge is 2.34. The monoisotopic (exact) mass is 603 g/mol. The van der Waals surface area contributed by atoms with Gasteiger partial charge in [0.1, 0.15) is 24.2 Å². The summed E-state index contributed by atoms with van der Waals surface area (Å²) < 4.78 is 45.9. The Morgan fingerprint density at radius 3 is 2.27 bits per heavy atom. The van der Waals surface area contributed by atoms with E-state index in [1.54, 1.807) is 6.07 Å². The van der Waals surface area contributed by atoms with Crippen molar-refractivity contribution < 1.29 is 27.1 Å². The standard InChI is InChI=1S/C30H35ClFN3O5S/c1-5-21(2)33-30(37)27(17-22-9-7-6-8-10-22)34(19-23-11-14-25(32)15-12-23)29(36)20-35(41(4,38)39)26-18-24(31)13-16-28(26)40-3/h6-16,18,21,27H,5,17,19-20H2,1-4H3,(H,33,37). The van der Waals surface area contributed by atoms with Gasteiger partial charge in [0.05, 0.1) is 19.1 Å². The maximum absolute atomic E-state index is 14.1. The van der Waals surface area contributed by atoms with E-state index in [4.69, 9.17) is 16.3 Å². The van der Waals surface area contributed by atoms with Gasteiger partial charge in [0.15, 0.2) is 0 Å². The molecule has 0 aromatic heterocycles. The van der Waals surface area contributed by atoms with Gasteiger partial charge in [-0.25, -0.2) is 12.8 Å². The Morgan fingerprint density at radius 2 is 1.68 bits per heavy atom. The molecule has 0 heterocycles. The van der Waals surface area contributed by atoms with Crippen LogP contribution in [0.3, 0.4) is 0 Å². The van der Waals surface area contributed by atoms with Crippen molar-refractivity contribution in [1.82, 2.24) is 10.2 Å². The van der Waals surface area contributed by atoms with Crippen molar-refractivity contribution in [3.8, 4) is 5.75 Å². The molecule has 3 aromatic rings. The van der Waals surface area contributed by atoms with Gasteiger partial charge in [-0.2, -0.15) is 0 Å². The third kappa shape index (κ3) is 8.93. The van der Waals surface area contributed by atoms with Crippen LogP contribution in [0.4, 0.5) is 10.1 Å². The summed E-state index contributed by atoms with van der Waals surface area (Å²) in [5, 5.41) is 3.21. The van der Waals surface area contributed by atoms with Gasteiger partial charge in [-0.1, -0.05) is 61.0 Å². The van der Waals surface area contributed by atoms with Gasteiger partial charge in [0.2, 0.25) is 21.8 Å². The third-order valence-electron chi connectivity index (χ3n) is 6.63. The first-order valence-corrected chi connectivity index (χ1v) is 15.3. The molecule has 8 nitrogen and oxygen atoms in total. The SMILES string of the molecule is CCC(C)NC(=O)C(Cc1ccccc1)N(Cc1ccc(F)cc1)C(=O)CN(c1cc(Cl)ccc1OC)S(C)(=O)=O. The molecule has 1 N–H and O–H groups in total. The van der Waals surface area contributed by atoms with Crippen molar-refractivity contribution in [2.45, 2.75) is 45.3 Å². The summed E-state index contributed by atoms with van der Waals surface area (Å²) in [6.45, 7) is 3.11. The number of ether oxygens (including phenoxy) is 1. The van der Waals surface area contributed by atoms with E-state index >= 15 is 0 Å². The van der Waals surface area contributed by atoms with Crippen LogP contribution in [-0.4, -0.2) is 57.1 Å². The molecule has 0 radical (unpaired) electrons. The molecule has 0 aliphatic heterocycles. The number of nitrogens with one attached hydrogen (secondary N) is 1. The number of hydrogen-bond donors (Lipinski definition) is 1. The van der Waals surface area contributed by atoms with E-state index in [1.807, 2.05) is 44.2 Å². The zero-order valence-corrected chi connectivity index (χ0v) is 25.1. The van der Waals surface area contributed by atoms with E-state index < -0.39 is 34.3 Å². The van der Waals surface area contributed by atoms with E-state index in [9.17, 15) is 22.4 Å². The summed E-state index contributed by atoms with van der Waals surface area (Å²) in [4.78, 5) is 29.1. The van der Waals surface area contributed by atoms with Crippen LogP contribution in [-0.2, 0) is 32.6 Å². The number of amides is 2. The van der Waals surface area contributed by atoms with Gasteiger partial charge in [0.25, 0.3) is 0 Å². The second-order valence-electron chi connectivity index (χ2n) is 9.76. The Morgan fingerprint density at radius 1 is 1.02 bits per heavy atom. The van der Waals surface area contributed by atoms with Gasteiger partial charge in [-0.3, -0.25) is 13.9 Å². The molecule has 3 aromatic carbocycles. The smallest absolute Gasteiger partial charge is 0.244 e. The first-order chi connectivity index (χ1) is 19.4.